The van der Waals surface area contributed by atoms with Crippen molar-refractivity contribution >= 4 is 11.6 Å². The Balaban J connectivity index is 1.80. The first kappa shape index (κ1) is 11.7. The number of anilines is 1. The number of benzene rings is 1. The van der Waals surface area contributed by atoms with Crippen LogP contribution >= 0.6 is 0 Å². The SMILES string of the molecule is NC1CCN(C(=O)CC2CCC2)c2ccccc21. The molecule has 96 valence electrons. The molecule has 1 aromatic carbocycles. The number of carbonyl (C=O) groups is 1. The van der Waals surface area contributed by atoms with Gasteiger partial charge in [0.15, 0.2) is 0 Å². The molecule has 3 rings (SSSR count). The number of hydrogen-bond acceptors (Lipinski definition) is 2. The molecule has 0 spiro atoms. The number of fused-ring (bicyclic) bond motifs is 1. The zero-order valence-electron chi connectivity index (χ0n) is 10.6. The lowest BCUT2D eigenvalue weighted by molar-refractivity contribution is -0.120. The molecule has 1 aliphatic carbocycles. The fourth-order valence-corrected chi connectivity index (χ4v) is 2.90. The summed E-state index contributed by atoms with van der Waals surface area (Å²) in [4.78, 5) is 14.3. The molecule has 0 radical (unpaired) electrons. The van der Waals surface area contributed by atoms with Gasteiger partial charge in [0.1, 0.15) is 0 Å². The van der Waals surface area contributed by atoms with Crippen molar-refractivity contribution in [1.82, 2.24) is 0 Å². The Kier molecular flexibility index (Phi) is 3.08. The van der Waals surface area contributed by atoms with Crippen LogP contribution in [0.15, 0.2) is 24.3 Å². The van der Waals surface area contributed by atoms with Gasteiger partial charge in [-0.05, 0) is 36.8 Å². The van der Waals surface area contributed by atoms with Gasteiger partial charge in [0.2, 0.25) is 5.91 Å². The number of nitrogens with two attached hydrogens (primary N) is 1. The molecule has 1 fully saturated rings. The lowest BCUT2D eigenvalue weighted by Crippen LogP contribution is -2.39. The van der Waals surface area contributed by atoms with E-state index < -0.39 is 0 Å². The average Bonchev–Trinajstić information content (AvgIpc) is 2.34. The van der Waals surface area contributed by atoms with Crippen molar-refractivity contribution in [3.8, 4) is 0 Å². The van der Waals surface area contributed by atoms with Crippen LogP contribution in [-0.2, 0) is 4.79 Å². The first-order valence-corrected chi connectivity index (χ1v) is 6.90. The predicted molar refractivity (Wildman–Crippen MR) is 72.3 cm³/mol. The van der Waals surface area contributed by atoms with Gasteiger partial charge in [-0.2, -0.15) is 0 Å². The van der Waals surface area contributed by atoms with Gasteiger partial charge in [-0.15, -0.1) is 0 Å². The second kappa shape index (κ2) is 4.73. The van der Waals surface area contributed by atoms with Crippen molar-refractivity contribution in [3.05, 3.63) is 29.8 Å². The van der Waals surface area contributed by atoms with E-state index >= 15 is 0 Å². The van der Waals surface area contributed by atoms with Gasteiger partial charge in [0.05, 0.1) is 0 Å². The minimum Gasteiger partial charge on any atom is -0.324 e. The van der Waals surface area contributed by atoms with Gasteiger partial charge in [0.25, 0.3) is 0 Å². The number of nitrogens with zero attached hydrogens (tertiary/aromatic N) is 1. The summed E-state index contributed by atoms with van der Waals surface area (Å²) in [5, 5.41) is 0. The maximum atomic E-state index is 12.4. The molecule has 3 nitrogen and oxygen atoms in total. The van der Waals surface area contributed by atoms with E-state index in [9.17, 15) is 4.79 Å². The topological polar surface area (TPSA) is 46.3 Å². The molecule has 18 heavy (non-hydrogen) atoms. The third-order valence-corrected chi connectivity index (χ3v) is 4.28. The molecular weight excluding hydrogens is 224 g/mol. The smallest absolute Gasteiger partial charge is 0.227 e. The standard InChI is InChI=1S/C15H20N2O/c16-13-8-9-17(14-7-2-1-6-12(13)14)15(18)10-11-4-3-5-11/h1-2,6-7,11,13H,3-5,8-10,16H2. The molecule has 1 atom stereocenters. The third kappa shape index (κ3) is 2.03. The van der Waals surface area contributed by atoms with Crippen molar-refractivity contribution < 1.29 is 4.79 Å². The van der Waals surface area contributed by atoms with E-state index in [0.29, 0.717) is 12.3 Å². The Morgan fingerprint density at radius 2 is 2.06 bits per heavy atom. The van der Waals surface area contributed by atoms with Gasteiger partial charge < -0.3 is 10.6 Å². The monoisotopic (exact) mass is 244 g/mol. The van der Waals surface area contributed by atoms with Crippen LogP contribution in [0.4, 0.5) is 5.69 Å². The zero-order chi connectivity index (χ0) is 12.5. The van der Waals surface area contributed by atoms with E-state index in [1.54, 1.807) is 0 Å². The zero-order valence-corrected chi connectivity index (χ0v) is 10.6. The summed E-state index contributed by atoms with van der Waals surface area (Å²) in [6.07, 6.45) is 5.32. The van der Waals surface area contributed by atoms with Gasteiger partial charge >= 0.3 is 0 Å². The van der Waals surface area contributed by atoms with Crippen LogP contribution in [0.25, 0.3) is 0 Å². The molecular formula is C15H20N2O. The molecule has 1 saturated carbocycles. The van der Waals surface area contributed by atoms with Crippen LogP contribution < -0.4 is 10.6 Å². The maximum absolute atomic E-state index is 12.4. The molecule has 1 aliphatic heterocycles. The number of para-hydroxylation sites is 1. The lowest BCUT2D eigenvalue weighted by Gasteiger charge is -2.34. The van der Waals surface area contributed by atoms with Crippen LogP contribution in [0.2, 0.25) is 0 Å². The van der Waals surface area contributed by atoms with Crippen molar-refractivity contribution in [2.45, 2.75) is 38.1 Å². The Bertz CT molecular complexity index is 454. The van der Waals surface area contributed by atoms with Crippen LogP contribution in [0, 0.1) is 5.92 Å². The van der Waals surface area contributed by atoms with Crippen LogP contribution in [0.1, 0.15) is 43.7 Å². The maximum Gasteiger partial charge on any atom is 0.227 e. The van der Waals surface area contributed by atoms with Crippen LogP contribution in [-0.4, -0.2) is 12.5 Å². The van der Waals surface area contributed by atoms with E-state index in [-0.39, 0.29) is 11.9 Å². The quantitative estimate of drug-likeness (QED) is 0.869. The highest BCUT2D eigenvalue weighted by Crippen LogP contribution is 2.35. The summed E-state index contributed by atoms with van der Waals surface area (Å²) in [5.74, 6) is 0.902. The minimum absolute atomic E-state index is 0.0777. The van der Waals surface area contributed by atoms with Gasteiger partial charge in [-0.1, -0.05) is 24.6 Å². The number of carbonyl (C=O) groups excluding carboxylic acids is 1. The normalized spacial score (nSPS) is 23.4. The second-order valence-electron chi connectivity index (χ2n) is 5.50. The lowest BCUT2D eigenvalue weighted by atomic mass is 9.82. The molecule has 0 bridgehead atoms. The van der Waals surface area contributed by atoms with Gasteiger partial charge in [-0.25, -0.2) is 0 Å². The van der Waals surface area contributed by atoms with E-state index in [1.165, 1.54) is 19.3 Å². The Labute approximate surface area is 108 Å². The second-order valence-corrected chi connectivity index (χ2v) is 5.50. The highest BCUT2D eigenvalue weighted by Gasteiger charge is 2.29. The summed E-state index contributed by atoms with van der Waals surface area (Å²) < 4.78 is 0. The average molecular weight is 244 g/mol. The Hall–Kier alpha value is -1.35. The first-order chi connectivity index (χ1) is 8.75. The van der Waals surface area contributed by atoms with Crippen molar-refractivity contribution in [2.75, 3.05) is 11.4 Å². The van der Waals surface area contributed by atoms with Gasteiger partial charge in [-0.3, -0.25) is 4.79 Å². The molecule has 0 aromatic heterocycles. The van der Waals surface area contributed by atoms with Crippen LogP contribution in [0.5, 0.6) is 0 Å². The van der Waals surface area contributed by atoms with E-state index in [2.05, 4.69) is 0 Å². The fourth-order valence-electron chi connectivity index (χ4n) is 2.90. The Morgan fingerprint density at radius 3 is 2.78 bits per heavy atom. The summed E-state index contributed by atoms with van der Waals surface area (Å²) in [7, 11) is 0. The summed E-state index contributed by atoms with van der Waals surface area (Å²) in [5.41, 5.74) is 8.25. The molecule has 3 heteroatoms. The van der Waals surface area contributed by atoms with Gasteiger partial charge in [0, 0.05) is 24.7 Å². The Morgan fingerprint density at radius 1 is 1.28 bits per heavy atom. The summed E-state index contributed by atoms with van der Waals surface area (Å²) >= 11 is 0. The molecule has 1 heterocycles. The third-order valence-electron chi connectivity index (χ3n) is 4.28. The van der Waals surface area contributed by atoms with Crippen LogP contribution in [0.3, 0.4) is 0 Å². The van der Waals surface area contributed by atoms with Crippen molar-refractivity contribution in [3.63, 3.8) is 0 Å². The van der Waals surface area contributed by atoms with Crippen molar-refractivity contribution in [2.24, 2.45) is 11.7 Å². The largest absolute Gasteiger partial charge is 0.324 e. The van der Waals surface area contributed by atoms with E-state index in [4.69, 9.17) is 5.73 Å². The highest BCUT2D eigenvalue weighted by molar-refractivity contribution is 5.94. The van der Waals surface area contributed by atoms with Crippen molar-refractivity contribution in [1.29, 1.82) is 0 Å². The number of hydrogen-bond donors (Lipinski definition) is 1. The molecule has 2 aliphatic rings. The van der Waals surface area contributed by atoms with E-state index in [1.807, 2.05) is 29.2 Å². The molecule has 1 unspecified atom stereocenters. The minimum atomic E-state index is 0.0777. The molecule has 0 saturated heterocycles. The number of rotatable bonds is 2. The first-order valence-electron chi connectivity index (χ1n) is 6.90. The highest BCUT2D eigenvalue weighted by atomic mass is 16.2. The summed E-state index contributed by atoms with van der Waals surface area (Å²) in [6, 6.07) is 8.13. The molecule has 1 amide bonds. The van der Waals surface area contributed by atoms with E-state index in [0.717, 1.165) is 24.2 Å². The fraction of sp³-hybridized carbons (Fsp3) is 0.533. The predicted octanol–water partition coefficient (Wildman–Crippen LogP) is 2.61. The molecule has 2 N–H and O–H groups in total. The molecule has 1 aromatic rings. The summed E-state index contributed by atoms with van der Waals surface area (Å²) in [6.45, 7) is 0.768. The number of amides is 1.